The van der Waals surface area contributed by atoms with Gasteiger partial charge in [-0.2, -0.15) is 0 Å². The van der Waals surface area contributed by atoms with E-state index >= 15 is 0 Å². The number of halogens is 1. The third-order valence-electron chi connectivity index (χ3n) is 2.36. The first-order chi connectivity index (χ1) is 7.99. The third kappa shape index (κ3) is 5.83. The molecule has 0 aliphatic carbocycles. The number of rotatable bonds is 6. The molecule has 0 aromatic carbocycles. The van der Waals surface area contributed by atoms with Gasteiger partial charge in [-0.25, -0.2) is 0 Å². The van der Waals surface area contributed by atoms with Gasteiger partial charge in [0.2, 0.25) is 5.91 Å². The monoisotopic (exact) mass is 366 g/mol. The van der Waals surface area contributed by atoms with E-state index in [0.29, 0.717) is 12.5 Å². The summed E-state index contributed by atoms with van der Waals surface area (Å²) in [6.07, 6.45) is 1.62. The fourth-order valence-corrected chi connectivity index (χ4v) is 3.30. The van der Waals surface area contributed by atoms with E-state index in [1.54, 1.807) is 11.3 Å². The maximum atomic E-state index is 11.6. The molecule has 1 amide bonds. The molecule has 1 aromatic rings. The van der Waals surface area contributed by atoms with Crippen LogP contribution in [0.1, 0.15) is 25.1 Å². The van der Waals surface area contributed by atoms with Gasteiger partial charge in [-0.15, -0.1) is 11.3 Å². The molecule has 1 aromatic heterocycles. The number of thiophene rings is 1. The van der Waals surface area contributed by atoms with Crippen LogP contribution in [0, 0.1) is 8.80 Å². The lowest BCUT2D eigenvalue weighted by Crippen LogP contribution is -2.42. The fraction of sp³-hybridized carbons (Fsp3) is 0.583. The average molecular weight is 366 g/mol. The molecule has 0 unspecified atom stereocenters. The molecule has 5 heteroatoms. The highest BCUT2D eigenvalue weighted by Crippen LogP contribution is 2.18. The average Bonchev–Trinajstić information content (AvgIpc) is 2.63. The maximum absolute atomic E-state index is 11.6. The SMILES string of the molecule is CC(C)C[C@H](N)C(=O)NCCc1ccc(I)s1. The lowest BCUT2D eigenvalue weighted by Gasteiger charge is -2.13. The van der Waals surface area contributed by atoms with Crippen molar-refractivity contribution < 1.29 is 4.79 Å². The minimum atomic E-state index is -0.376. The van der Waals surface area contributed by atoms with Gasteiger partial charge in [0.1, 0.15) is 0 Å². The van der Waals surface area contributed by atoms with Crippen LogP contribution in [-0.2, 0) is 11.2 Å². The number of amides is 1. The summed E-state index contributed by atoms with van der Waals surface area (Å²) in [4.78, 5) is 12.9. The van der Waals surface area contributed by atoms with Crippen molar-refractivity contribution in [2.24, 2.45) is 11.7 Å². The van der Waals surface area contributed by atoms with Gasteiger partial charge >= 0.3 is 0 Å². The van der Waals surface area contributed by atoms with Crippen molar-refractivity contribution in [3.05, 3.63) is 19.9 Å². The molecule has 1 rings (SSSR count). The second-order valence-electron chi connectivity index (χ2n) is 4.48. The van der Waals surface area contributed by atoms with E-state index in [-0.39, 0.29) is 11.9 Å². The molecular formula is C12H19IN2OS. The van der Waals surface area contributed by atoms with E-state index in [0.717, 1.165) is 12.8 Å². The van der Waals surface area contributed by atoms with E-state index in [1.807, 2.05) is 0 Å². The predicted molar refractivity (Wildman–Crippen MR) is 81.2 cm³/mol. The Kier molecular flexibility index (Phi) is 6.43. The molecule has 0 bridgehead atoms. The summed E-state index contributed by atoms with van der Waals surface area (Å²) >= 11 is 4.06. The van der Waals surface area contributed by atoms with E-state index in [9.17, 15) is 4.79 Å². The van der Waals surface area contributed by atoms with Crippen molar-refractivity contribution in [3.63, 3.8) is 0 Å². The molecule has 17 heavy (non-hydrogen) atoms. The van der Waals surface area contributed by atoms with Gasteiger partial charge in [0.15, 0.2) is 0 Å². The first-order valence-corrected chi connectivity index (χ1v) is 7.66. The van der Waals surface area contributed by atoms with Crippen LogP contribution in [-0.4, -0.2) is 18.5 Å². The Bertz CT molecular complexity index is 365. The van der Waals surface area contributed by atoms with Crippen molar-refractivity contribution in [2.75, 3.05) is 6.54 Å². The third-order valence-corrected chi connectivity index (χ3v) is 4.32. The first kappa shape index (κ1) is 14.9. The summed E-state index contributed by atoms with van der Waals surface area (Å²) in [5.41, 5.74) is 5.79. The van der Waals surface area contributed by atoms with Gasteiger partial charge in [-0.1, -0.05) is 13.8 Å². The molecule has 0 aliphatic heterocycles. The summed E-state index contributed by atoms with van der Waals surface area (Å²) in [5.74, 6) is 0.416. The highest BCUT2D eigenvalue weighted by Gasteiger charge is 2.14. The van der Waals surface area contributed by atoms with Crippen LogP contribution < -0.4 is 11.1 Å². The van der Waals surface area contributed by atoms with Crippen molar-refractivity contribution in [1.29, 1.82) is 0 Å². The fourth-order valence-electron chi connectivity index (χ4n) is 1.54. The van der Waals surface area contributed by atoms with Crippen molar-refractivity contribution in [2.45, 2.75) is 32.7 Å². The van der Waals surface area contributed by atoms with Crippen molar-refractivity contribution in [3.8, 4) is 0 Å². The number of hydrogen-bond donors (Lipinski definition) is 2. The number of nitrogens with one attached hydrogen (secondary N) is 1. The van der Waals surface area contributed by atoms with E-state index in [4.69, 9.17) is 5.73 Å². The Hall–Kier alpha value is -0.140. The zero-order chi connectivity index (χ0) is 12.8. The van der Waals surface area contributed by atoms with Crippen LogP contribution in [0.3, 0.4) is 0 Å². The van der Waals surface area contributed by atoms with Crippen LogP contribution in [0.4, 0.5) is 0 Å². The Morgan fingerprint density at radius 1 is 1.53 bits per heavy atom. The van der Waals surface area contributed by atoms with Crippen LogP contribution in [0.15, 0.2) is 12.1 Å². The van der Waals surface area contributed by atoms with Crippen LogP contribution in [0.5, 0.6) is 0 Å². The molecule has 0 aliphatic rings. The van der Waals surface area contributed by atoms with Gasteiger partial charge in [0.05, 0.1) is 8.93 Å². The molecule has 1 atom stereocenters. The van der Waals surface area contributed by atoms with Gasteiger partial charge in [-0.05, 0) is 53.5 Å². The molecule has 3 nitrogen and oxygen atoms in total. The second kappa shape index (κ2) is 7.33. The van der Waals surface area contributed by atoms with E-state index in [2.05, 4.69) is 53.9 Å². The smallest absolute Gasteiger partial charge is 0.236 e. The maximum Gasteiger partial charge on any atom is 0.236 e. The topological polar surface area (TPSA) is 55.1 Å². The molecule has 0 saturated heterocycles. The Morgan fingerprint density at radius 3 is 2.76 bits per heavy atom. The lowest BCUT2D eigenvalue weighted by molar-refractivity contribution is -0.122. The Labute approximate surface area is 120 Å². The predicted octanol–water partition coefficient (Wildman–Crippen LogP) is 2.38. The number of carbonyl (C=O) groups is 1. The minimum Gasteiger partial charge on any atom is -0.354 e. The molecule has 0 spiro atoms. The zero-order valence-electron chi connectivity index (χ0n) is 10.2. The summed E-state index contributed by atoms with van der Waals surface area (Å²) < 4.78 is 1.28. The molecule has 1 heterocycles. The molecule has 96 valence electrons. The highest BCUT2D eigenvalue weighted by atomic mass is 127. The largest absolute Gasteiger partial charge is 0.354 e. The van der Waals surface area contributed by atoms with Gasteiger partial charge in [-0.3, -0.25) is 4.79 Å². The molecule has 0 radical (unpaired) electrons. The van der Waals surface area contributed by atoms with Crippen molar-refractivity contribution in [1.82, 2.24) is 5.32 Å². The second-order valence-corrected chi connectivity index (χ2v) is 7.55. The van der Waals surface area contributed by atoms with Gasteiger partial charge in [0, 0.05) is 11.4 Å². The lowest BCUT2D eigenvalue weighted by atomic mass is 10.0. The minimum absolute atomic E-state index is 0.0371. The first-order valence-electron chi connectivity index (χ1n) is 5.76. The molecular weight excluding hydrogens is 347 g/mol. The normalized spacial score (nSPS) is 12.8. The Balaban J connectivity index is 2.24. The number of hydrogen-bond acceptors (Lipinski definition) is 3. The van der Waals surface area contributed by atoms with E-state index in [1.165, 1.54) is 7.76 Å². The van der Waals surface area contributed by atoms with Crippen molar-refractivity contribution >= 4 is 39.8 Å². The number of carbonyl (C=O) groups excluding carboxylic acids is 1. The van der Waals surface area contributed by atoms with Crippen LogP contribution >= 0.6 is 33.9 Å². The molecule has 3 N–H and O–H groups in total. The molecule has 0 saturated carbocycles. The summed E-state index contributed by atoms with van der Waals surface area (Å²) in [7, 11) is 0. The highest BCUT2D eigenvalue weighted by molar-refractivity contribution is 14.1. The van der Waals surface area contributed by atoms with Gasteiger partial charge < -0.3 is 11.1 Å². The van der Waals surface area contributed by atoms with Gasteiger partial charge in [0.25, 0.3) is 0 Å². The van der Waals surface area contributed by atoms with E-state index < -0.39 is 0 Å². The van der Waals surface area contributed by atoms with Crippen LogP contribution in [0.2, 0.25) is 0 Å². The number of nitrogens with two attached hydrogens (primary N) is 1. The standard InChI is InChI=1S/C12H19IN2OS/c1-8(2)7-10(14)12(16)15-6-5-9-3-4-11(13)17-9/h3-4,8,10H,5-7,14H2,1-2H3,(H,15,16)/t10-/m0/s1. The van der Waals surface area contributed by atoms with Crippen LogP contribution in [0.25, 0.3) is 0 Å². The summed E-state index contributed by atoms with van der Waals surface area (Å²) in [6.45, 7) is 4.81. The quantitative estimate of drug-likeness (QED) is 0.760. The summed E-state index contributed by atoms with van der Waals surface area (Å²) in [5, 5.41) is 2.89. The Morgan fingerprint density at radius 2 is 2.24 bits per heavy atom. The zero-order valence-corrected chi connectivity index (χ0v) is 13.2. The molecule has 0 fully saturated rings. The summed E-state index contributed by atoms with van der Waals surface area (Å²) in [6, 6.07) is 3.82.